The SMILES string of the molecule is CCCCCCC/C=C/CCCCCCCCC(=O)OCC(Br)(COC(=O)CCCCCCCC/C=C/CCCCCCC)[N+](=O)[O-]. The van der Waals surface area contributed by atoms with Gasteiger partial charge in [-0.1, -0.05) is 141 Å². The van der Waals surface area contributed by atoms with Crippen LogP contribution in [0.3, 0.4) is 0 Å². The van der Waals surface area contributed by atoms with Crippen LogP contribution in [-0.4, -0.2) is 34.5 Å². The van der Waals surface area contributed by atoms with Crippen molar-refractivity contribution >= 4 is 27.9 Å². The number of hydrogen-bond donors (Lipinski definition) is 0. The lowest BCUT2D eigenvalue weighted by molar-refractivity contribution is -0.541. The van der Waals surface area contributed by atoms with Gasteiger partial charge in [-0.05, 0) is 64.2 Å². The van der Waals surface area contributed by atoms with Gasteiger partial charge in [0.05, 0.1) is 0 Å². The lowest BCUT2D eigenvalue weighted by Gasteiger charge is -2.18. The summed E-state index contributed by atoms with van der Waals surface area (Å²) in [6.45, 7) is 3.53. The molecule has 0 aliphatic heterocycles. The number of ether oxygens (including phenoxy) is 2. The largest absolute Gasteiger partial charge is 0.457 e. The summed E-state index contributed by atoms with van der Waals surface area (Å²) in [4.78, 5) is 35.4. The Hall–Kier alpha value is -1.70. The monoisotopic (exact) mass is 727 g/mol. The lowest BCUT2D eigenvalue weighted by Crippen LogP contribution is -2.42. The Morgan fingerprint density at radius 1 is 0.532 bits per heavy atom. The smallest absolute Gasteiger partial charge is 0.341 e. The van der Waals surface area contributed by atoms with E-state index in [0.717, 1.165) is 51.4 Å². The van der Waals surface area contributed by atoms with Crippen LogP contribution in [0, 0.1) is 10.1 Å². The van der Waals surface area contributed by atoms with Gasteiger partial charge in [0.25, 0.3) is 0 Å². The highest BCUT2D eigenvalue weighted by atomic mass is 79.9. The van der Waals surface area contributed by atoms with Crippen molar-refractivity contribution in [1.82, 2.24) is 0 Å². The molecule has 0 aromatic rings. The van der Waals surface area contributed by atoms with Gasteiger partial charge in [0.2, 0.25) is 0 Å². The summed E-state index contributed by atoms with van der Waals surface area (Å²) in [5.74, 6) is -0.925. The van der Waals surface area contributed by atoms with E-state index in [2.05, 4.69) is 54.1 Å². The van der Waals surface area contributed by atoms with Crippen molar-refractivity contribution in [3.8, 4) is 0 Å². The molecule has 0 N–H and O–H groups in total. The molecule has 8 heteroatoms. The molecule has 0 aromatic heterocycles. The second kappa shape index (κ2) is 34.2. The summed E-state index contributed by atoms with van der Waals surface area (Å²) >= 11 is 3.04. The van der Waals surface area contributed by atoms with Gasteiger partial charge in [0, 0.05) is 33.7 Å². The maximum absolute atomic E-state index is 12.2. The average molecular weight is 729 g/mol. The second-order valence-electron chi connectivity index (χ2n) is 13.2. The molecule has 0 bridgehead atoms. The Labute approximate surface area is 296 Å². The van der Waals surface area contributed by atoms with Gasteiger partial charge >= 0.3 is 16.4 Å². The number of unbranched alkanes of at least 4 members (excludes halogenated alkanes) is 22. The zero-order valence-corrected chi connectivity index (χ0v) is 31.9. The van der Waals surface area contributed by atoms with Crippen LogP contribution in [0.1, 0.15) is 194 Å². The maximum Gasteiger partial charge on any atom is 0.341 e. The van der Waals surface area contributed by atoms with Gasteiger partial charge in [-0.2, -0.15) is 0 Å². The first kappa shape index (κ1) is 45.3. The molecule has 47 heavy (non-hydrogen) atoms. The molecule has 0 aromatic carbocycles. The van der Waals surface area contributed by atoms with Crippen LogP contribution in [0.2, 0.25) is 0 Å². The van der Waals surface area contributed by atoms with Crippen LogP contribution in [0.4, 0.5) is 0 Å². The number of nitrogens with zero attached hydrogens (tertiary/aromatic N) is 1. The molecule has 0 unspecified atom stereocenters. The minimum atomic E-state index is -1.83. The van der Waals surface area contributed by atoms with Gasteiger partial charge < -0.3 is 9.47 Å². The standard InChI is InChI=1S/C39H70BrNO6/c1-3-5-7-9-11-13-15-17-19-21-23-25-27-29-31-33-37(42)46-35-39(40,41(44)45)36-47-38(43)34-32-30-28-26-24-22-20-18-16-14-12-10-8-6-4-2/h15-18H,3-14,19-36H2,1-2H3/b17-15+,18-16+. The number of rotatable bonds is 35. The highest BCUT2D eigenvalue weighted by Crippen LogP contribution is 2.22. The Morgan fingerprint density at radius 3 is 1.11 bits per heavy atom. The predicted molar refractivity (Wildman–Crippen MR) is 199 cm³/mol. The van der Waals surface area contributed by atoms with Crippen molar-refractivity contribution in [2.45, 2.75) is 198 Å². The van der Waals surface area contributed by atoms with E-state index in [-0.39, 0.29) is 12.8 Å². The third-order valence-electron chi connectivity index (χ3n) is 8.52. The molecular formula is C39H70BrNO6. The fourth-order valence-corrected chi connectivity index (χ4v) is 5.58. The van der Waals surface area contributed by atoms with E-state index >= 15 is 0 Å². The van der Waals surface area contributed by atoms with Crippen LogP contribution in [-0.2, 0) is 19.1 Å². The van der Waals surface area contributed by atoms with Gasteiger partial charge in [0.1, 0.15) is 0 Å². The summed E-state index contributed by atoms with van der Waals surface area (Å²) in [5, 5.41) is 11.6. The molecule has 0 atom stereocenters. The number of carbonyl (C=O) groups is 2. The van der Waals surface area contributed by atoms with Crippen molar-refractivity contribution < 1.29 is 24.0 Å². The number of nitro groups is 1. The molecular weight excluding hydrogens is 658 g/mol. The zero-order chi connectivity index (χ0) is 34.7. The van der Waals surface area contributed by atoms with Gasteiger partial charge in [0.15, 0.2) is 13.2 Å². The van der Waals surface area contributed by atoms with Gasteiger partial charge in [-0.3, -0.25) is 19.7 Å². The summed E-state index contributed by atoms with van der Waals surface area (Å²) in [6, 6.07) is 0. The highest BCUT2D eigenvalue weighted by molar-refractivity contribution is 9.10. The Kier molecular flexibility index (Phi) is 32.9. The van der Waals surface area contributed by atoms with Crippen molar-refractivity contribution in [3.63, 3.8) is 0 Å². The number of allylic oxidation sites excluding steroid dienone is 4. The van der Waals surface area contributed by atoms with Gasteiger partial charge in [-0.15, -0.1) is 0 Å². The number of halogens is 1. The molecule has 0 spiro atoms. The zero-order valence-electron chi connectivity index (χ0n) is 30.3. The van der Waals surface area contributed by atoms with Crippen molar-refractivity contribution in [1.29, 1.82) is 0 Å². The third-order valence-corrected chi connectivity index (χ3v) is 9.27. The topological polar surface area (TPSA) is 95.7 Å². The minimum Gasteiger partial charge on any atom is -0.457 e. The van der Waals surface area contributed by atoms with E-state index in [0.29, 0.717) is 12.8 Å². The molecule has 0 saturated heterocycles. The molecule has 0 amide bonds. The summed E-state index contributed by atoms with van der Waals surface area (Å²) in [5.41, 5.74) is 0. The van der Waals surface area contributed by atoms with E-state index in [9.17, 15) is 19.7 Å². The first-order valence-corrected chi connectivity index (χ1v) is 20.1. The molecule has 7 nitrogen and oxygen atoms in total. The Morgan fingerprint density at radius 2 is 0.809 bits per heavy atom. The van der Waals surface area contributed by atoms with E-state index in [1.807, 2.05) is 0 Å². The minimum absolute atomic E-state index is 0.234. The normalized spacial score (nSPS) is 11.9. The van der Waals surface area contributed by atoms with Crippen LogP contribution in [0.15, 0.2) is 24.3 Å². The number of hydrogen-bond acceptors (Lipinski definition) is 6. The van der Waals surface area contributed by atoms with Crippen LogP contribution >= 0.6 is 15.9 Å². The third kappa shape index (κ3) is 31.3. The number of esters is 2. The Balaban J connectivity index is 3.80. The molecule has 0 saturated carbocycles. The molecule has 274 valence electrons. The molecule has 0 radical (unpaired) electrons. The molecule has 0 aliphatic rings. The average Bonchev–Trinajstić information content (AvgIpc) is 3.06. The van der Waals surface area contributed by atoms with E-state index in [4.69, 9.17) is 9.47 Å². The van der Waals surface area contributed by atoms with E-state index < -0.39 is 34.5 Å². The molecule has 0 heterocycles. The highest BCUT2D eigenvalue weighted by Gasteiger charge is 2.43. The van der Waals surface area contributed by atoms with E-state index in [1.54, 1.807) is 0 Å². The summed E-state index contributed by atoms with van der Waals surface area (Å²) < 4.78 is 8.53. The van der Waals surface area contributed by atoms with Gasteiger partial charge in [-0.25, -0.2) is 0 Å². The summed E-state index contributed by atoms with van der Waals surface area (Å²) in [7, 11) is 0. The molecule has 0 aliphatic carbocycles. The summed E-state index contributed by atoms with van der Waals surface area (Å²) in [6.07, 6.45) is 40.2. The van der Waals surface area contributed by atoms with E-state index in [1.165, 1.54) is 103 Å². The first-order chi connectivity index (χ1) is 22.9. The van der Waals surface area contributed by atoms with Crippen LogP contribution < -0.4 is 0 Å². The molecule has 0 rings (SSSR count). The van der Waals surface area contributed by atoms with Crippen molar-refractivity contribution in [3.05, 3.63) is 34.4 Å². The predicted octanol–water partition coefficient (Wildman–Crippen LogP) is 12.5. The first-order valence-electron chi connectivity index (χ1n) is 19.3. The second-order valence-corrected chi connectivity index (χ2v) is 14.6. The van der Waals surface area contributed by atoms with Crippen LogP contribution in [0.5, 0.6) is 0 Å². The van der Waals surface area contributed by atoms with Crippen LogP contribution in [0.25, 0.3) is 0 Å². The fraction of sp³-hybridized carbons (Fsp3) is 0.846. The quantitative estimate of drug-likeness (QED) is 0.0123. The maximum atomic E-state index is 12.2. The molecule has 0 fully saturated rings. The fourth-order valence-electron chi connectivity index (χ4n) is 5.35. The lowest BCUT2D eigenvalue weighted by atomic mass is 10.1. The number of alkyl halides is 1. The van der Waals surface area contributed by atoms with Crippen molar-refractivity contribution in [2.24, 2.45) is 0 Å². The number of carbonyl (C=O) groups excluding carboxylic acids is 2. The van der Waals surface area contributed by atoms with Crippen molar-refractivity contribution in [2.75, 3.05) is 13.2 Å². The Bertz CT molecular complexity index is 759.